The van der Waals surface area contributed by atoms with Crippen LogP contribution in [-0.4, -0.2) is 34.9 Å². The van der Waals surface area contributed by atoms with E-state index in [1.165, 1.54) is 0 Å². The van der Waals surface area contributed by atoms with Crippen molar-refractivity contribution in [3.8, 4) is 11.5 Å². The number of rotatable bonds is 9. The number of nitrogens with two attached hydrogens (primary N) is 1. The van der Waals surface area contributed by atoms with Gasteiger partial charge in [-0.05, 0) is 79.9 Å². The molecule has 0 saturated carbocycles. The van der Waals surface area contributed by atoms with Crippen molar-refractivity contribution in [1.82, 2.24) is 14.5 Å². The van der Waals surface area contributed by atoms with Gasteiger partial charge in [-0.25, -0.2) is 9.97 Å². The summed E-state index contributed by atoms with van der Waals surface area (Å²) in [6.45, 7) is 13.3. The smallest absolute Gasteiger partial charge is 0.268 e. The number of imidazole rings is 1. The maximum absolute atomic E-state index is 11.7. The van der Waals surface area contributed by atoms with Gasteiger partial charge in [-0.2, -0.15) is 0 Å². The van der Waals surface area contributed by atoms with Gasteiger partial charge >= 0.3 is 0 Å². The van der Waals surface area contributed by atoms with Crippen molar-refractivity contribution in [2.45, 2.75) is 70.8 Å². The van der Waals surface area contributed by atoms with Gasteiger partial charge in [0, 0.05) is 16.8 Å². The van der Waals surface area contributed by atoms with Crippen LogP contribution in [0.4, 0.5) is 0 Å². The van der Waals surface area contributed by atoms with E-state index in [2.05, 4.69) is 57.9 Å². The van der Waals surface area contributed by atoms with Gasteiger partial charge in [0.2, 0.25) is 5.89 Å². The number of primary amides is 1. The van der Waals surface area contributed by atoms with Gasteiger partial charge in [0.25, 0.3) is 5.91 Å². The number of hydrogen-bond acceptors (Lipinski definition) is 5. The first-order valence-corrected chi connectivity index (χ1v) is 15.8. The lowest BCUT2D eigenvalue weighted by molar-refractivity contribution is 0.0995. The molecule has 0 unspecified atom stereocenters. The van der Waals surface area contributed by atoms with Crippen molar-refractivity contribution in [2.75, 3.05) is 0 Å². The van der Waals surface area contributed by atoms with Crippen LogP contribution < -0.4 is 5.73 Å². The molecule has 0 saturated heterocycles. The second-order valence-corrected chi connectivity index (χ2v) is 16.3. The van der Waals surface area contributed by atoms with Crippen molar-refractivity contribution in [1.29, 1.82) is 0 Å². The summed E-state index contributed by atoms with van der Waals surface area (Å²) < 4.78 is 14.7. The van der Waals surface area contributed by atoms with Gasteiger partial charge in [-0.3, -0.25) is 4.79 Å². The maximum atomic E-state index is 11.7. The molecule has 2 atom stereocenters. The average Bonchev–Trinajstić information content (AvgIpc) is 3.46. The number of aromatic nitrogens is 3. The van der Waals surface area contributed by atoms with Gasteiger partial charge in [-0.15, -0.1) is 0 Å². The van der Waals surface area contributed by atoms with Crippen molar-refractivity contribution < 1.29 is 13.6 Å². The minimum atomic E-state index is -2.01. The van der Waals surface area contributed by atoms with Crippen LogP contribution >= 0.6 is 11.6 Å². The Morgan fingerprint density at radius 1 is 1.19 bits per heavy atom. The van der Waals surface area contributed by atoms with Crippen LogP contribution in [0.1, 0.15) is 56.2 Å². The van der Waals surface area contributed by atoms with Gasteiger partial charge in [-0.1, -0.05) is 38.4 Å². The topological polar surface area (TPSA) is 96.2 Å². The molecule has 7 nitrogen and oxygen atoms in total. The molecule has 0 aliphatic rings. The van der Waals surface area contributed by atoms with Crippen molar-refractivity contribution in [3.63, 3.8) is 0 Å². The number of fused-ring (bicyclic) bond motifs is 1. The van der Waals surface area contributed by atoms with Gasteiger partial charge < -0.3 is 19.1 Å². The Morgan fingerprint density at radius 2 is 1.89 bits per heavy atom. The number of benzene rings is 2. The van der Waals surface area contributed by atoms with Crippen LogP contribution in [0.2, 0.25) is 23.2 Å². The SMILES string of the molecule is C[C@H](O[Si](C)(C)C(C)(C)C)[C@@H](CCc1ccc2oc(-c3ccc(Cl)cc3)nc2c1)n1cnc(C(N)=O)c1. The predicted molar refractivity (Wildman–Crippen MR) is 150 cm³/mol. The molecule has 2 heterocycles. The molecule has 0 bridgehead atoms. The van der Waals surface area contributed by atoms with E-state index in [0.717, 1.165) is 35.1 Å². The Morgan fingerprint density at radius 3 is 2.51 bits per heavy atom. The minimum absolute atomic E-state index is 0.0210. The number of oxazole rings is 1. The van der Waals surface area contributed by atoms with E-state index in [1.807, 2.05) is 34.9 Å². The second kappa shape index (κ2) is 10.4. The van der Waals surface area contributed by atoms with Gasteiger partial charge in [0.05, 0.1) is 18.5 Å². The number of nitrogens with zero attached hydrogens (tertiary/aromatic N) is 3. The third-order valence-corrected chi connectivity index (χ3v) is 12.2. The number of hydrogen-bond donors (Lipinski definition) is 1. The Labute approximate surface area is 224 Å². The van der Waals surface area contributed by atoms with Gasteiger partial charge in [0.1, 0.15) is 11.2 Å². The molecule has 2 N–H and O–H groups in total. The van der Waals surface area contributed by atoms with E-state index < -0.39 is 14.2 Å². The Kier molecular flexibility index (Phi) is 7.64. The molecule has 0 fully saturated rings. The summed E-state index contributed by atoms with van der Waals surface area (Å²) in [5.74, 6) is 0.0268. The highest BCUT2D eigenvalue weighted by Crippen LogP contribution is 2.39. The van der Waals surface area contributed by atoms with E-state index in [4.69, 9.17) is 31.2 Å². The molecule has 1 amide bonds. The van der Waals surface area contributed by atoms with Crippen LogP contribution in [0.15, 0.2) is 59.4 Å². The highest BCUT2D eigenvalue weighted by atomic mass is 35.5. The molecule has 37 heavy (non-hydrogen) atoms. The maximum Gasteiger partial charge on any atom is 0.268 e. The van der Waals surface area contributed by atoms with Crippen LogP contribution in [0.3, 0.4) is 0 Å². The number of carbonyl (C=O) groups is 1. The number of halogens is 1. The zero-order valence-corrected chi connectivity index (χ0v) is 24.0. The fraction of sp³-hybridized carbons (Fsp3) is 0.393. The summed E-state index contributed by atoms with van der Waals surface area (Å²) in [5.41, 5.74) is 9.29. The van der Waals surface area contributed by atoms with Crippen molar-refractivity contribution in [3.05, 3.63) is 71.3 Å². The number of carbonyl (C=O) groups excluding carboxylic acids is 1. The summed E-state index contributed by atoms with van der Waals surface area (Å²) in [6, 6.07) is 13.5. The average molecular weight is 539 g/mol. The number of amides is 1. The lowest BCUT2D eigenvalue weighted by Crippen LogP contribution is -2.45. The molecule has 2 aromatic carbocycles. The molecule has 9 heteroatoms. The molecule has 0 radical (unpaired) electrons. The third kappa shape index (κ3) is 6.14. The predicted octanol–water partition coefficient (Wildman–Crippen LogP) is 7.03. The second-order valence-electron chi connectivity index (χ2n) is 11.1. The Balaban J connectivity index is 1.56. The summed E-state index contributed by atoms with van der Waals surface area (Å²) in [6.07, 6.45) is 4.90. The number of aryl methyl sites for hydroxylation is 1. The zero-order valence-electron chi connectivity index (χ0n) is 22.3. The summed E-state index contributed by atoms with van der Waals surface area (Å²) in [5, 5.41) is 0.753. The largest absolute Gasteiger partial charge is 0.436 e. The van der Waals surface area contributed by atoms with Crippen LogP contribution in [0.5, 0.6) is 0 Å². The molecule has 0 aliphatic carbocycles. The molecule has 0 aliphatic heterocycles. The molecule has 0 spiro atoms. The van der Waals surface area contributed by atoms with Crippen LogP contribution in [0, 0.1) is 0 Å². The first-order chi connectivity index (χ1) is 17.3. The molecular formula is C28H35ClN4O3Si. The summed E-state index contributed by atoms with van der Waals surface area (Å²) in [7, 11) is -2.01. The molecule has 4 rings (SSSR count). The minimum Gasteiger partial charge on any atom is -0.436 e. The van der Waals surface area contributed by atoms with Crippen LogP contribution in [0.25, 0.3) is 22.6 Å². The first kappa shape index (κ1) is 27.1. The van der Waals surface area contributed by atoms with E-state index in [0.29, 0.717) is 10.9 Å². The van der Waals surface area contributed by atoms with Gasteiger partial charge in [0.15, 0.2) is 13.9 Å². The lowest BCUT2D eigenvalue weighted by atomic mass is 10.0. The van der Waals surface area contributed by atoms with Crippen molar-refractivity contribution >= 4 is 36.9 Å². The molecule has 4 aromatic rings. The fourth-order valence-electron chi connectivity index (χ4n) is 4.15. The highest BCUT2D eigenvalue weighted by molar-refractivity contribution is 6.74. The lowest BCUT2D eigenvalue weighted by Gasteiger charge is -2.40. The van der Waals surface area contributed by atoms with E-state index in [-0.39, 0.29) is 22.9 Å². The van der Waals surface area contributed by atoms with Crippen LogP contribution in [-0.2, 0) is 10.8 Å². The molecule has 196 valence electrons. The third-order valence-electron chi connectivity index (χ3n) is 7.34. The summed E-state index contributed by atoms with van der Waals surface area (Å²) >= 11 is 6.01. The quantitative estimate of drug-likeness (QED) is 0.231. The molecule has 2 aromatic heterocycles. The molecular weight excluding hydrogens is 504 g/mol. The van der Waals surface area contributed by atoms with Crippen molar-refractivity contribution in [2.24, 2.45) is 5.73 Å². The fourth-order valence-corrected chi connectivity index (χ4v) is 5.72. The normalized spacial score (nSPS) is 14.1. The zero-order chi connectivity index (χ0) is 27.0. The Hall–Kier alpha value is -2.94. The van der Waals surface area contributed by atoms with E-state index >= 15 is 0 Å². The Bertz CT molecular complexity index is 1390. The highest BCUT2D eigenvalue weighted by Gasteiger charge is 2.40. The van der Waals surface area contributed by atoms with E-state index in [1.54, 1.807) is 12.5 Å². The standard InChI is InChI=1S/C28H35ClN4O3Si/c1-18(36-37(5,6)28(2,3)4)24(33-16-23(26(30)34)31-17-33)13-7-19-8-14-25-22(15-19)32-27(35-25)20-9-11-21(29)12-10-20/h8-12,14-18,24H,7,13H2,1-6H3,(H2,30,34)/t18-,24+/m0/s1. The summed E-state index contributed by atoms with van der Waals surface area (Å²) in [4.78, 5) is 20.6. The monoisotopic (exact) mass is 538 g/mol. The van der Waals surface area contributed by atoms with E-state index in [9.17, 15) is 4.79 Å². The first-order valence-electron chi connectivity index (χ1n) is 12.5.